The van der Waals surface area contributed by atoms with E-state index in [4.69, 9.17) is 5.73 Å². The molecular weight excluding hydrogens is 186 g/mol. The van der Waals surface area contributed by atoms with Gasteiger partial charge in [-0.2, -0.15) is 0 Å². The van der Waals surface area contributed by atoms with E-state index in [0.717, 1.165) is 24.5 Å². The first-order valence-electron chi connectivity index (χ1n) is 5.57. The molecule has 0 aliphatic rings. The van der Waals surface area contributed by atoms with Gasteiger partial charge >= 0.3 is 0 Å². The highest BCUT2D eigenvalue weighted by molar-refractivity contribution is 5.43. The largest absolute Gasteiger partial charge is 0.357 e. The van der Waals surface area contributed by atoms with Crippen LogP contribution in [0.1, 0.15) is 37.9 Å². The van der Waals surface area contributed by atoms with Gasteiger partial charge in [0, 0.05) is 25.3 Å². The van der Waals surface area contributed by atoms with Crippen molar-refractivity contribution in [3.8, 4) is 0 Å². The monoisotopic (exact) mass is 207 g/mol. The molecule has 0 aliphatic heterocycles. The summed E-state index contributed by atoms with van der Waals surface area (Å²) in [7, 11) is 0. The topological polar surface area (TPSA) is 42.1 Å². The smallest absolute Gasteiger partial charge is 0.128 e. The van der Waals surface area contributed by atoms with E-state index in [2.05, 4.69) is 36.7 Å². The molecule has 2 N–H and O–H groups in total. The zero-order valence-electron chi connectivity index (χ0n) is 10.1. The summed E-state index contributed by atoms with van der Waals surface area (Å²) in [5.74, 6) is 1.04. The number of aryl methyl sites for hydroxylation is 1. The molecule has 0 saturated heterocycles. The summed E-state index contributed by atoms with van der Waals surface area (Å²) < 4.78 is 0. The molecule has 15 heavy (non-hydrogen) atoms. The summed E-state index contributed by atoms with van der Waals surface area (Å²) in [6.45, 7) is 10.3. The van der Waals surface area contributed by atoms with Crippen LogP contribution < -0.4 is 10.6 Å². The minimum atomic E-state index is 0.0586. The minimum absolute atomic E-state index is 0.0586. The van der Waals surface area contributed by atoms with Gasteiger partial charge in [0.25, 0.3) is 0 Å². The molecule has 1 rings (SSSR count). The Hall–Kier alpha value is -1.09. The second-order valence-corrected chi connectivity index (χ2v) is 3.86. The van der Waals surface area contributed by atoms with E-state index in [0.29, 0.717) is 0 Å². The molecule has 1 atom stereocenters. The Morgan fingerprint density at radius 2 is 2.00 bits per heavy atom. The summed E-state index contributed by atoms with van der Waals surface area (Å²) >= 11 is 0. The zero-order chi connectivity index (χ0) is 11.4. The molecule has 0 spiro atoms. The number of rotatable bonds is 4. The third-order valence-electron chi connectivity index (χ3n) is 2.71. The van der Waals surface area contributed by atoms with Crippen LogP contribution in [0.4, 0.5) is 5.82 Å². The molecule has 0 radical (unpaired) electrons. The highest BCUT2D eigenvalue weighted by Crippen LogP contribution is 2.19. The fourth-order valence-corrected chi connectivity index (χ4v) is 1.75. The van der Waals surface area contributed by atoms with Gasteiger partial charge in [0.05, 0.1) is 0 Å². The highest BCUT2D eigenvalue weighted by atomic mass is 15.2. The summed E-state index contributed by atoms with van der Waals surface area (Å²) in [4.78, 5) is 6.68. The number of anilines is 1. The first-order chi connectivity index (χ1) is 7.10. The van der Waals surface area contributed by atoms with Gasteiger partial charge in [0.15, 0.2) is 0 Å². The third-order valence-corrected chi connectivity index (χ3v) is 2.71. The first-order valence-corrected chi connectivity index (χ1v) is 5.57. The van der Waals surface area contributed by atoms with Crippen LogP contribution in [0.3, 0.4) is 0 Å². The fraction of sp³-hybridized carbons (Fsp3) is 0.583. The highest BCUT2D eigenvalue weighted by Gasteiger charge is 2.08. The molecule has 0 saturated carbocycles. The third kappa shape index (κ3) is 2.69. The van der Waals surface area contributed by atoms with Crippen LogP contribution in [0.15, 0.2) is 12.3 Å². The van der Waals surface area contributed by atoms with E-state index in [-0.39, 0.29) is 6.04 Å². The average Bonchev–Trinajstić information content (AvgIpc) is 2.19. The summed E-state index contributed by atoms with van der Waals surface area (Å²) in [6, 6.07) is 2.18. The Balaban J connectivity index is 3.00. The van der Waals surface area contributed by atoms with Crippen molar-refractivity contribution >= 4 is 5.82 Å². The predicted molar refractivity (Wildman–Crippen MR) is 65.1 cm³/mol. The molecule has 1 heterocycles. The molecule has 84 valence electrons. The van der Waals surface area contributed by atoms with E-state index >= 15 is 0 Å². The predicted octanol–water partition coefficient (Wildman–Crippen LogP) is 2.26. The Labute approximate surface area is 92.3 Å². The lowest BCUT2D eigenvalue weighted by molar-refractivity contribution is 0.793. The minimum Gasteiger partial charge on any atom is -0.357 e. The second kappa shape index (κ2) is 5.12. The van der Waals surface area contributed by atoms with Crippen molar-refractivity contribution in [2.45, 2.75) is 33.7 Å². The van der Waals surface area contributed by atoms with Gasteiger partial charge in [-0.15, -0.1) is 0 Å². The van der Waals surface area contributed by atoms with Crippen LogP contribution in [0.5, 0.6) is 0 Å². The lowest BCUT2D eigenvalue weighted by Crippen LogP contribution is -2.23. The van der Waals surface area contributed by atoms with E-state index in [1.807, 2.05) is 13.1 Å². The van der Waals surface area contributed by atoms with Crippen molar-refractivity contribution in [2.75, 3.05) is 18.0 Å². The molecule has 0 aromatic carbocycles. The maximum absolute atomic E-state index is 5.85. The molecule has 1 unspecified atom stereocenters. The number of hydrogen-bond donors (Lipinski definition) is 1. The number of nitrogens with zero attached hydrogens (tertiary/aromatic N) is 2. The first kappa shape index (κ1) is 12.0. The molecule has 0 fully saturated rings. The Morgan fingerprint density at radius 3 is 2.40 bits per heavy atom. The summed E-state index contributed by atoms with van der Waals surface area (Å²) in [6.07, 6.45) is 1.90. The lowest BCUT2D eigenvalue weighted by Gasteiger charge is -2.21. The Bertz CT molecular complexity index is 317. The van der Waals surface area contributed by atoms with Crippen molar-refractivity contribution in [2.24, 2.45) is 5.73 Å². The molecule has 3 heteroatoms. The Kier molecular flexibility index (Phi) is 4.09. The maximum Gasteiger partial charge on any atom is 0.128 e. The van der Waals surface area contributed by atoms with Crippen molar-refractivity contribution in [1.82, 2.24) is 4.98 Å². The average molecular weight is 207 g/mol. The normalized spacial score (nSPS) is 12.6. The Morgan fingerprint density at radius 1 is 1.40 bits per heavy atom. The molecular formula is C12H21N3. The van der Waals surface area contributed by atoms with E-state index in [1.165, 1.54) is 5.56 Å². The second-order valence-electron chi connectivity index (χ2n) is 3.86. The summed E-state index contributed by atoms with van der Waals surface area (Å²) in [5.41, 5.74) is 8.21. The van der Waals surface area contributed by atoms with Gasteiger partial charge in [0.1, 0.15) is 5.82 Å². The van der Waals surface area contributed by atoms with Gasteiger partial charge in [-0.1, -0.05) is 0 Å². The van der Waals surface area contributed by atoms with Crippen molar-refractivity contribution in [3.63, 3.8) is 0 Å². The van der Waals surface area contributed by atoms with Crippen LogP contribution >= 0.6 is 0 Å². The van der Waals surface area contributed by atoms with Crippen LogP contribution in [0.25, 0.3) is 0 Å². The number of aromatic nitrogens is 1. The van der Waals surface area contributed by atoms with Gasteiger partial charge < -0.3 is 10.6 Å². The van der Waals surface area contributed by atoms with Gasteiger partial charge in [-0.05, 0) is 44.9 Å². The molecule has 0 bridgehead atoms. The molecule has 0 amide bonds. The van der Waals surface area contributed by atoms with Crippen LogP contribution in [-0.4, -0.2) is 18.1 Å². The van der Waals surface area contributed by atoms with Crippen molar-refractivity contribution < 1.29 is 0 Å². The van der Waals surface area contributed by atoms with Crippen LogP contribution in [0, 0.1) is 6.92 Å². The lowest BCUT2D eigenvalue weighted by atomic mass is 10.1. The molecule has 3 nitrogen and oxygen atoms in total. The van der Waals surface area contributed by atoms with E-state index in [9.17, 15) is 0 Å². The quantitative estimate of drug-likeness (QED) is 0.823. The van der Waals surface area contributed by atoms with Gasteiger partial charge in [-0.25, -0.2) is 4.98 Å². The van der Waals surface area contributed by atoms with Gasteiger partial charge in [-0.3, -0.25) is 0 Å². The van der Waals surface area contributed by atoms with E-state index in [1.54, 1.807) is 0 Å². The number of hydrogen-bond acceptors (Lipinski definition) is 3. The van der Waals surface area contributed by atoms with Crippen LogP contribution in [-0.2, 0) is 0 Å². The standard InChI is InChI=1S/C12H21N3/c1-5-15(6-2)12-7-9(3)11(8-14-12)10(4)13/h7-8,10H,5-6,13H2,1-4H3. The summed E-state index contributed by atoms with van der Waals surface area (Å²) in [5, 5.41) is 0. The van der Waals surface area contributed by atoms with Crippen molar-refractivity contribution in [1.29, 1.82) is 0 Å². The SMILES string of the molecule is CCN(CC)c1cc(C)c(C(C)N)cn1. The number of nitrogens with two attached hydrogens (primary N) is 1. The molecule has 0 aliphatic carbocycles. The molecule has 1 aromatic heterocycles. The van der Waals surface area contributed by atoms with E-state index < -0.39 is 0 Å². The van der Waals surface area contributed by atoms with Crippen molar-refractivity contribution in [3.05, 3.63) is 23.4 Å². The fourth-order valence-electron chi connectivity index (χ4n) is 1.75. The maximum atomic E-state index is 5.85. The molecule has 1 aromatic rings. The zero-order valence-corrected chi connectivity index (χ0v) is 10.1. The van der Waals surface area contributed by atoms with Crippen LogP contribution in [0.2, 0.25) is 0 Å². The van der Waals surface area contributed by atoms with Gasteiger partial charge in [0.2, 0.25) is 0 Å². The number of pyridine rings is 1.